The number of aromatic nitrogens is 3. The molecule has 3 nitrogen and oxygen atoms in total. The number of nitrogens with zero attached hydrogens (tertiary/aromatic N) is 3. The van der Waals surface area contributed by atoms with Crippen molar-refractivity contribution < 1.29 is 0 Å². The first kappa shape index (κ1) is 22.0. The fourth-order valence-corrected chi connectivity index (χ4v) is 6.25. The molecule has 39 heavy (non-hydrogen) atoms. The lowest BCUT2D eigenvalue weighted by Crippen LogP contribution is -2.00. The Balaban J connectivity index is 1.37. The van der Waals surface area contributed by atoms with E-state index < -0.39 is 0 Å². The first-order valence-corrected chi connectivity index (χ1v) is 13.4. The first-order valence-electron chi connectivity index (χ1n) is 13.4. The third kappa shape index (κ3) is 3.17. The van der Waals surface area contributed by atoms with Crippen LogP contribution in [0, 0.1) is 13.8 Å². The number of rotatable bonds is 2. The van der Waals surface area contributed by atoms with Gasteiger partial charge < -0.3 is 4.57 Å². The smallest absolute Gasteiger partial charge is 0.0979 e. The molecule has 2 aromatic heterocycles. The quantitative estimate of drug-likeness (QED) is 0.222. The van der Waals surface area contributed by atoms with Crippen molar-refractivity contribution in [2.75, 3.05) is 0 Å². The van der Waals surface area contributed by atoms with Crippen LogP contribution in [0.15, 0.2) is 115 Å². The minimum Gasteiger partial charge on any atom is -0.309 e. The first-order chi connectivity index (χ1) is 19.2. The molecule has 0 saturated heterocycles. The summed E-state index contributed by atoms with van der Waals surface area (Å²) in [6.45, 7) is 4.37. The highest BCUT2D eigenvalue weighted by atomic mass is 15.0. The van der Waals surface area contributed by atoms with Crippen molar-refractivity contribution in [3.8, 4) is 16.9 Å². The van der Waals surface area contributed by atoms with Gasteiger partial charge in [-0.3, -0.25) is 4.98 Å². The van der Waals surface area contributed by atoms with E-state index in [0.717, 1.165) is 33.1 Å². The summed E-state index contributed by atoms with van der Waals surface area (Å²) in [5.74, 6) is 0. The average Bonchev–Trinajstić information content (AvgIpc) is 3.32. The minimum atomic E-state index is 0.900. The summed E-state index contributed by atoms with van der Waals surface area (Å²) in [5.41, 5.74) is 9.92. The molecule has 8 rings (SSSR count). The molecule has 0 spiro atoms. The molecular formula is C36H25N3. The lowest BCUT2D eigenvalue weighted by molar-refractivity contribution is 1.14. The maximum atomic E-state index is 5.25. The molecule has 6 aromatic carbocycles. The van der Waals surface area contributed by atoms with Gasteiger partial charge in [0.05, 0.1) is 34.0 Å². The van der Waals surface area contributed by atoms with Gasteiger partial charge in [0, 0.05) is 32.8 Å². The minimum absolute atomic E-state index is 0.900. The number of hydrogen-bond acceptors (Lipinski definition) is 2. The summed E-state index contributed by atoms with van der Waals surface area (Å²) < 4.78 is 2.39. The second kappa shape index (κ2) is 8.24. The fourth-order valence-electron chi connectivity index (χ4n) is 6.25. The van der Waals surface area contributed by atoms with Crippen LogP contribution in [0.3, 0.4) is 0 Å². The number of aryl methyl sites for hydroxylation is 2. The maximum absolute atomic E-state index is 5.25. The lowest BCUT2D eigenvalue weighted by Gasteiger charge is -2.16. The van der Waals surface area contributed by atoms with Gasteiger partial charge in [0.25, 0.3) is 0 Å². The molecule has 0 amide bonds. The van der Waals surface area contributed by atoms with E-state index in [4.69, 9.17) is 9.97 Å². The van der Waals surface area contributed by atoms with Crippen LogP contribution in [-0.4, -0.2) is 14.5 Å². The fraction of sp³-hybridized carbons (Fsp3) is 0.0556. The molecule has 0 aliphatic rings. The summed E-state index contributed by atoms with van der Waals surface area (Å²) >= 11 is 0. The van der Waals surface area contributed by atoms with E-state index >= 15 is 0 Å². The predicted octanol–water partition coefficient (Wildman–Crippen LogP) is 9.32. The van der Waals surface area contributed by atoms with Crippen molar-refractivity contribution in [3.63, 3.8) is 0 Å². The Labute approximate surface area is 226 Å². The molecule has 0 atom stereocenters. The van der Waals surface area contributed by atoms with E-state index in [9.17, 15) is 0 Å². The Hall–Kier alpha value is -5.02. The Morgan fingerprint density at radius 3 is 1.64 bits per heavy atom. The summed E-state index contributed by atoms with van der Waals surface area (Å²) in [6.07, 6.45) is 1.94. The molecule has 2 heterocycles. The average molecular weight is 500 g/mol. The number of para-hydroxylation sites is 2. The van der Waals surface area contributed by atoms with E-state index in [1.165, 1.54) is 49.4 Å². The van der Waals surface area contributed by atoms with Gasteiger partial charge in [0.15, 0.2) is 0 Å². The molecule has 0 aliphatic heterocycles. The van der Waals surface area contributed by atoms with E-state index in [1.807, 2.05) is 6.20 Å². The van der Waals surface area contributed by atoms with Crippen LogP contribution in [0.4, 0.5) is 0 Å². The monoisotopic (exact) mass is 499 g/mol. The van der Waals surface area contributed by atoms with Gasteiger partial charge in [0.1, 0.15) is 0 Å². The molecule has 0 radical (unpaired) electrons. The Bertz CT molecular complexity index is 2170. The van der Waals surface area contributed by atoms with Gasteiger partial charge in [-0.05, 0) is 60.0 Å². The Kier molecular flexibility index (Phi) is 4.65. The second-order valence-electron chi connectivity index (χ2n) is 10.4. The summed E-state index contributed by atoms with van der Waals surface area (Å²) in [7, 11) is 0. The Morgan fingerprint density at radius 1 is 0.513 bits per heavy atom. The number of benzene rings is 6. The second-order valence-corrected chi connectivity index (χ2v) is 10.4. The summed E-state index contributed by atoms with van der Waals surface area (Å²) in [4.78, 5) is 10.2. The molecule has 0 unspecified atom stereocenters. The molecule has 8 aromatic rings. The molecule has 0 fully saturated rings. The van der Waals surface area contributed by atoms with Crippen LogP contribution >= 0.6 is 0 Å². The van der Waals surface area contributed by atoms with Crippen molar-refractivity contribution in [2.45, 2.75) is 13.8 Å². The van der Waals surface area contributed by atoms with Crippen molar-refractivity contribution in [3.05, 3.63) is 127 Å². The summed E-state index contributed by atoms with van der Waals surface area (Å²) in [6, 6.07) is 38.9. The van der Waals surface area contributed by atoms with E-state index in [2.05, 4.69) is 128 Å². The van der Waals surface area contributed by atoms with Crippen LogP contribution in [0.5, 0.6) is 0 Å². The van der Waals surface area contributed by atoms with Crippen LogP contribution in [0.2, 0.25) is 0 Å². The van der Waals surface area contributed by atoms with Crippen LogP contribution in [0.25, 0.3) is 71.3 Å². The van der Waals surface area contributed by atoms with Crippen LogP contribution in [0.1, 0.15) is 11.1 Å². The van der Waals surface area contributed by atoms with Gasteiger partial charge in [0.2, 0.25) is 0 Å². The molecule has 184 valence electrons. The molecule has 0 bridgehead atoms. The van der Waals surface area contributed by atoms with E-state index in [1.54, 1.807) is 0 Å². The van der Waals surface area contributed by atoms with Gasteiger partial charge in [-0.2, -0.15) is 0 Å². The molecule has 0 saturated carbocycles. The SMILES string of the molecule is Cc1cc(-n2c3ccccc3c3ccccc32)c(C)cc1-c1cnc2c3ccccc3c3ccccc3c2n1. The maximum Gasteiger partial charge on any atom is 0.0979 e. The zero-order chi connectivity index (χ0) is 26.1. The zero-order valence-electron chi connectivity index (χ0n) is 21.8. The molecule has 0 N–H and O–H groups in total. The van der Waals surface area contributed by atoms with Gasteiger partial charge >= 0.3 is 0 Å². The van der Waals surface area contributed by atoms with Crippen molar-refractivity contribution in [1.82, 2.24) is 14.5 Å². The normalized spacial score (nSPS) is 11.8. The molecular weight excluding hydrogens is 474 g/mol. The topological polar surface area (TPSA) is 30.7 Å². The third-order valence-electron chi connectivity index (χ3n) is 8.07. The van der Waals surface area contributed by atoms with Crippen molar-refractivity contribution >= 4 is 54.4 Å². The number of fused-ring (bicyclic) bond motifs is 9. The van der Waals surface area contributed by atoms with Crippen LogP contribution in [-0.2, 0) is 0 Å². The third-order valence-corrected chi connectivity index (χ3v) is 8.07. The highest BCUT2D eigenvalue weighted by Crippen LogP contribution is 2.37. The number of hydrogen-bond donors (Lipinski definition) is 0. The lowest BCUT2D eigenvalue weighted by atomic mass is 9.98. The van der Waals surface area contributed by atoms with Gasteiger partial charge in [-0.1, -0.05) is 84.9 Å². The van der Waals surface area contributed by atoms with Crippen molar-refractivity contribution in [2.24, 2.45) is 0 Å². The van der Waals surface area contributed by atoms with E-state index in [-0.39, 0.29) is 0 Å². The van der Waals surface area contributed by atoms with Crippen molar-refractivity contribution in [1.29, 1.82) is 0 Å². The predicted molar refractivity (Wildman–Crippen MR) is 164 cm³/mol. The highest BCUT2D eigenvalue weighted by Gasteiger charge is 2.17. The summed E-state index contributed by atoms with van der Waals surface area (Å²) in [5, 5.41) is 7.24. The Morgan fingerprint density at radius 2 is 1.03 bits per heavy atom. The largest absolute Gasteiger partial charge is 0.309 e. The standard InChI is InChI=1S/C36H25N3/c1-22-20-34(39-32-17-9-7-13-26(32)27-14-8-10-18-33(27)39)23(2)19-30(22)31-21-37-35-28-15-5-3-11-24(28)25-12-4-6-16-29(25)36(35)38-31/h3-21H,1-2H3. The van der Waals surface area contributed by atoms with E-state index in [0.29, 0.717) is 0 Å². The van der Waals surface area contributed by atoms with Gasteiger partial charge in [-0.15, -0.1) is 0 Å². The van der Waals surface area contributed by atoms with Gasteiger partial charge in [-0.25, -0.2) is 4.98 Å². The van der Waals surface area contributed by atoms with Crippen LogP contribution < -0.4 is 0 Å². The zero-order valence-corrected chi connectivity index (χ0v) is 21.8. The molecule has 3 heteroatoms. The molecule has 0 aliphatic carbocycles. The highest BCUT2D eigenvalue weighted by molar-refractivity contribution is 6.23.